The average Bonchev–Trinajstić information content (AvgIpc) is 3.05. The molecule has 0 saturated carbocycles. The van der Waals surface area contributed by atoms with Gasteiger partial charge in [-0.3, -0.25) is 20.4 Å². The second-order valence-electron chi connectivity index (χ2n) is 10.4. The summed E-state index contributed by atoms with van der Waals surface area (Å²) >= 11 is 0. The van der Waals surface area contributed by atoms with Crippen molar-refractivity contribution in [2.24, 2.45) is 0 Å². The van der Waals surface area contributed by atoms with Crippen LogP contribution < -0.4 is 33.3 Å². The van der Waals surface area contributed by atoms with Gasteiger partial charge in [-0.1, -0.05) is 36.4 Å². The fourth-order valence-corrected chi connectivity index (χ4v) is 4.74. The van der Waals surface area contributed by atoms with Gasteiger partial charge in [0.25, 0.3) is 5.91 Å². The number of nitrogens with zero attached hydrogens (tertiary/aromatic N) is 4. The van der Waals surface area contributed by atoms with E-state index in [1.54, 1.807) is 76.1 Å². The quantitative estimate of drug-likeness (QED) is 0.132. The van der Waals surface area contributed by atoms with Crippen LogP contribution in [-0.4, -0.2) is 30.9 Å². The molecule has 0 spiro atoms. The van der Waals surface area contributed by atoms with E-state index < -0.39 is 0 Å². The van der Waals surface area contributed by atoms with Crippen molar-refractivity contribution in [3.63, 3.8) is 0 Å². The molecule has 2 amide bonds. The second kappa shape index (κ2) is 13.6. The molecule has 0 aliphatic carbocycles. The Kier molecular flexibility index (Phi) is 9.18. The van der Waals surface area contributed by atoms with Crippen LogP contribution in [-0.2, 0) is 17.9 Å². The van der Waals surface area contributed by atoms with E-state index >= 15 is 0 Å². The summed E-state index contributed by atoms with van der Waals surface area (Å²) in [5.41, 5.74) is 17.8. The molecule has 5 aromatic rings. The summed E-state index contributed by atoms with van der Waals surface area (Å²) in [5, 5.41) is 21.5. The third kappa shape index (κ3) is 7.08. The van der Waals surface area contributed by atoms with Gasteiger partial charge in [0.05, 0.1) is 0 Å². The minimum atomic E-state index is -0.306. The standard InChI is InChI=1S/C34H34N10O2/c1-3-43-19-27(30(35)41-33(43)37)22-10-14-25(15-11-22)39-29(45)18-7-21-5-8-24(9-6-21)32(46)40-26-16-12-23(13-17-26)28-20-44(4-2)34(38)42-31(28)36/h5-20H,3-4H2,1-2H3,(H,39,45)(H,40,46)(H3,35,37,41)(H3,36,38,42)/b18-7+. The van der Waals surface area contributed by atoms with Gasteiger partial charge in [0.2, 0.25) is 17.1 Å². The Morgan fingerprint density at radius 2 is 1.17 bits per heavy atom. The third-order valence-corrected chi connectivity index (χ3v) is 7.32. The molecule has 2 aromatic heterocycles. The Balaban J connectivity index is 1.17. The molecule has 0 saturated heterocycles. The first-order valence-electron chi connectivity index (χ1n) is 14.6. The predicted molar refractivity (Wildman–Crippen MR) is 179 cm³/mol. The molecule has 0 radical (unpaired) electrons. The summed E-state index contributed by atoms with van der Waals surface area (Å²) in [5.74, 6) is -0.0342. The van der Waals surface area contributed by atoms with E-state index in [-0.39, 0.29) is 34.7 Å². The molecule has 2 heterocycles. The normalized spacial score (nSPS) is 11.0. The van der Waals surface area contributed by atoms with Crippen molar-refractivity contribution in [3.05, 3.63) is 114 Å². The van der Waals surface area contributed by atoms with Crippen molar-refractivity contribution in [2.45, 2.75) is 26.9 Å². The van der Waals surface area contributed by atoms with Gasteiger partial charge < -0.3 is 31.2 Å². The lowest BCUT2D eigenvalue weighted by Crippen LogP contribution is -2.23. The summed E-state index contributed by atoms with van der Waals surface area (Å²) in [6.45, 7) is 5.06. The number of nitrogens with one attached hydrogen (secondary N) is 4. The lowest BCUT2D eigenvalue weighted by atomic mass is 10.1. The van der Waals surface area contributed by atoms with E-state index in [2.05, 4.69) is 20.6 Å². The summed E-state index contributed by atoms with van der Waals surface area (Å²) in [6, 6.07) is 21.4. The maximum atomic E-state index is 12.8. The first-order chi connectivity index (χ1) is 22.1. The van der Waals surface area contributed by atoms with Crippen molar-refractivity contribution in [1.29, 1.82) is 10.8 Å². The molecule has 5 rings (SSSR count). The van der Waals surface area contributed by atoms with Crippen molar-refractivity contribution in [1.82, 2.24) is 19.1 Å². The van der Waals surface area contributed by atoms with Gasteiger partial charge >= 0.3 is 0 Å². The SMILES string of the molecule is CCn1cc(-c2ccc(NC(=O)/C=C/c3ccc(C(=O)Nc4ccc(-c5cn(CC)c(=N)nc5N)cc4)cc3)cc2)c(N)nc1=N. The second-order valence-corrected chi connectivity index (χ2v) is 10.4. The number of hydrogen-bond acceptors (Lipinski definition) is 8. The van der Waals surface area contributed by atoms with Crippen LogP contribution in [0.1, 0.15) is 29.8 Å². The Morgan fingerprint density at radius 1 is 0.717 bits per heavy atom. The summed E-state index contributed by atoms with van der Waals surface area (Å²) in [6.07, 6.45) is 6.68. The van der Waals surface area contributed by atoms with Crippen LogP contribution in [0.2, 0.25) is 0 Å². The molecule has 0 bridgehead atoms. The van der Waals surface area contributed by atoms with Crippen LogP contribution in [0.15, 0.2) is 91.3 Å². The van der Waals surface area contributed by atoms with E-state index in [4.69, 9.17) is 22.3 Å². The molecular formula is C34H34N10O2. The highest BCUT2D eigenvalue weighted by molar-refractivity contribution is 6.05. The Labute approximate surface area is 265 Å². The number of carbonyl (C=O) groups excluding carboxylic acids is 2. The van der Waals surface area contributed by atoms with Gasteiger partial charge in [-0.25, -0.2) is 0 Å². The number of nitrogen functional groups attached to an aromatic ring is 2. The zero-order valence-electron chi connectivity index (χ0n) is 25.4. The third-order valence-electron chi connectivity index (χ3n) is 7.32. The first kappa shape index (κ1) is 31.1. The molecule has 0 fully saturated rings. The maximum Gasteiger partial charge on any atom is 0.255 e. The zero-order chi connectivity index (χ0) is 32.8. The number of anilines is 4. The Bertz CT molecular complexity index is 2040. The summed E-state index contributed by atoms with van der Waals surface area (Å²) in [7, 11) is 0. The highest BCUT2D eigenvalue weighted by Gasteiger charge is 2.10. The molecular weight excluding hydrogens is 580 g/mol. The number of carbonyl (C=O) groups is 2. The molecule has 0 aliphatic rings. The number of amides is 2. The van der Waals surface area contributed by atoms with E-state index in [9.17, 15) is 9.59 Å². The van der Waals surface area contributed by atoms with Crippen LogP contribution in [0, 0.1) is 10.8 Å². The van der Waals surface area contributed by atoms with Gasteiger partial charge in [-0.15, -0.1) is 0 Å². The van der Waals surface area contributed by atoms with Crippen LogP contribution >= 0.6 is 0 Å². The molecule has 0 aliphatic heterocycles. The average molecular weight is 615 g/mol. The molecule has 46 heavy (non-hydrogen) atoms. The molecule has 3 aromatic carbocycles. The molecule has 8 N–H and O–H groups in total. The number of nitrogens with two attached hydrogens (primary N) is 2. The monoisotopic (exact) mass is 614 g/mol. The summed E-state index contributed by atoms with van der Waals surface area (Å²) < 4.78 is 3.39. The van der Waals surface area contributed by atoms with Gasteiger partial charge in [-0.05, 0) is 73.0 Å². The Morgan fingerprint density at radius 3 is 1.63 bits per heavy atom. The molecule has 12 heteroatoms. The Hall–Kier alpha value is -6.30. The van der Waals surface area contributed by atoms with E-state index in [1.807, 2.05) is 38.1 Å². The first-order valence-corrected chi connectivity index (χ1v) is 14.6. The minimum Gasteiger partial charge on any atom is -0.383 e. The number of aromatic nitrogens is 4. The number of rotatable bonds is 9. The lowest BCUT2D eigenvalue weighted by Gasteiger charge is -2.11. The maximum absolute atomic E-state index is 12.8. The fraction of sp³-hybridized carbons (Fsp3) is 0.118. The highest BCUT2D eigenvalue weighted by Crippen LogP contribution is 2.26. The predicted octanol–water partition coefficient (Wildman–Crippen LogP) is 4.48. The van der Waals surface area contributed by atoms with Gasteiger partial charge in [0.15, 0.2) is 0 Å². The summed E-state index contributed by atoms with van der Waals surface area (Å²) in [4.78, 5) is 33.6. The fourth-order valence-electron chi connectivity index (χ4n) is 4.74. The number of benzene rings is 3. The van der Waals surface area contributed by atoms with Gasteiger partial charge in [0, 0.05) is 59.6 Å². The van der Waals surface area contributed by atoms with E-state index in [0.29, 0.717) is 41.2 Å². The van der Waals surface area contributed by atoms with Gasteiger partial charge in [-0.2, -0.15) is 9.97 Å². The molecule has 12 nitrogen and oxygen atoms in total. The smallest absolute Gasteiger partial charge is 0.255 e. The minimum absolute atomic E-state index is 0.0996. The largest absolute Gasteiger partial charge is 0.383 e. The van der Waals surface area contributed by atoms with Crippen molar-refractivity contribution in [2.75, 3.05) is 22.1 Å². The van der Waals surface area contributed by atoms with Crippen LogP contribution in [0.3, 0.4) is 0 Å². The number of hydrogen-bond donors (Lipinski definition) is 6. The van der Waals surface area contributed by atoms with E-state index in [1.165, 1.54) is 6.08 Å². The van der Waals surface area contributed by atoms with Crippen molar-refractivity contribution >= 4 is 40.9 Å². The zero-order valence-corrected chi connectivity index (χ0v) is 25.4. The van der Waals surface area contributed by atoms with Crippen LogP contribution in [0.4, 0.5) is 23.0 Å². The van der Waals surface area contributed by atoms with Crippen LogP contribution in [0.25, 0.3) is 28.3 Å². The number of aryl methyl sites for hydroxylation is 2. The van der Waals surface area contributed by atoms with Gasteiger partial charge in [0.1, 0.15) is 11.6 Å². The van der Waals surface area contributed by atoms with E-state index in [0.717, 1.165) is 16.7 Å². The highest BCUT2D eigenvalue weighted by atomic mass is 16.2. The van der Waals surface area contributed by atoms with Crippen LogP contribution in [0.5, 0.6) is 0 Å². The van der Waals surface area contributed by atoms with Crippen molar-refractivity contribution < 1.29 is 9.59 Å². The molecule has 0 atom stereocenters. The van der Waals surface area contributed by atoms with Crippen molar-refractivity contribution in [3.8, 4) is 22.3 Å². The topological polar surface area (TPSA) is 194 Å². The lowest BCUT2D eigenvalue weighted by molar-refractivity contribution is -0.111. The molecule has 232 valence electrons. The molecule has 0 unspecified atom stereocenters.